The van der Waals surface area contributed by atoms with E-state index in [0.29, 0.717) is 5.38 Å². The largest absolute Gasteiger partial charge is 0.274 e. The minimum absolute atomic E-state index is 0.508. The number of halogens is 1. The highest BCUT2D eigenvalue weighted by Crippen LogP contribution is 2.21. The lowest BCUT2D eigenvalue weighted by Crippen LogP contribution is -2.03. The van der Waals surface area contributed by atoms with Crippen molar-refractivity contribution in [3.63, 3.8) is 0 Å². The summed E-state index contributed by atoms with van der Waals surface area (Å²) in [7, 11) is 0. The molecule has 1 fully saturated rings. The molecular formula is C6H15ClN2. The quantitative estimate of drug-likeness (QED) is 0.312. The highest BCUT2D eigenvalue weighted by molar-refractivity contribution is 6.20. The Hall–Kier alpha value is 0.210. The van der Waals surface area contributed by atoms with Crippen LogP contribution in [0.4, 0.5) is 0 Å². The van der Waals surface area contributed by atoms with Crippen LogP contribution < -0.4 is 11.7 Å². The summed E-state index contributed by atoms with van der Waals surface area (Å²) in [5, 5.41) is 0.508. The molecule has 0 bridgehead atoms. The van der Waals surface area contributed by atoms with Crippen molar-refractivity contribution >= 4 is 11.6 Å². The number of alkyl halides is 1. The first-order chi connectivity index (χ1) is 4.39. The summed E-state index contributed by atoms with van der Waals surface area (Å²) in [6.07, 6.45) is 6.62. The van der Waals surface area contributed by atoms with Crippen molar-refractivity contribution in [1.82, 2.24) is 0 Å². The fourth-order valence-corrected chi connectivity index (χ4v) is 1.36. The second-order valence-electron chi connectivity index (χ2n) is 2.24. The highest BCUT2D eigenvalue weighted by atomic mass is 35.5. The lowest BCUT2D eigenvalue weighted by atomic mass is 10.0. The molecule has 1 rings (SSSR count). The predicted molar refractivity (Wildman–Crippen MR) is 41.1 cm³/mol. The van der Waals surface area contributed by atoms with Crippen LogP contribution >= 0.6 is 11.6 Å². The number of hydrazine groups is 1. The third-order valence-electron chi connectivity index (χ3n) is 1.53. The van der Waals surface area contributed by atoms with E-state index in [9.17, 15) is 0 Å². The molecule has 0 aromatic carbocycles. The van der Waals surface area contributed by atoms with Crippen molar-refractivity contribution < 1.29 is 0 Å². The Morgan fingerprint density at radius 1 is 1.00 bits per heavy atom. The maximum Gasteiger partial charge on any atom is 0.0336 e. The van der Waals surface area contributed by atoms with E-state index in [4.69, 9.17) is 11.6 Å². The van der Waals surface area contributed by atoms with Crippen LogP contribution in [0.2, 0.25) is 0 Å². The zero-order chi connectivity index (χ0) is 7.11. The molecule has 0 spiro atoms. The maximum atomic E-state index is 5.82. The lowest BCUT2D eigenvalue weighted by Gasteiger charge is -2.13. The maximum absolute atomic E-state index is 5.82. The van der Waals surface area contributed by atoms with Crippen molar-refractivity contribution in [3.05, 3.63) is 0 Å². The molecule has 0 heterocycles. The van der Waals surface area contributed by atoms with E-state index < -0.39 is 0 Å². The SMILES string of the molecule is ClC1CCCCC1.NN. The van der Waals surface area contributed by atoms with Crippen molar-refractivity contribution in [3.8, 4) is 0 Å². The minimum atomic E-state index is 0.508. The molecule has 0 radical (unpaired) electrons. The number of nitrogens with two attached hydrogens (primary N) is 2. The zero-order valence-corrected chi connectivity index (χ0v) is 6.40. The van der Waals surface area contributed by atoms with Gasteiger partial charge in [0, 0.05) is 5.38 Å². The van der Waals surface area contributed by atoms with Crippen molar-refractivity contribution in [1.29, 1.82) is 0 Å². The highest BCUT2D eigenvalue weighted by Gasteiger charge is 2.08. The molecule has 1 saturated carbocycles. The Balaban J connectivity index is 0.000000291. The summed E-state index contributed by atoms with van der Waals surface area (Å²) in [6.45, 7) is 0. The van der Waals surface area contributed by atoms with Gasteiger partial charge in [-0.2, -0.15) is 0 Å². The molecule has 0 aromatic heterocycles. The molecule has 9 heavy (non-hydrogen) atoms. The van der Waals surface area contributed by atoms with Crippen LogP contribution in [0.25, 0.3) is 0 Å². The molecular weight excluding hydrogens is 136 g/mol. The van der Waals surface area contributed by atoms with Crippen LogP contribution in [-0.2, 0) is 0 Å². The fraction of sp³-hybridized carbons (Fsp3) is 1.00. The average Bonchev–Trinajstić information content (AvgIpc) is 1.94. The molecule has 4 N–H and O–H groups in total. The predicted octanol–water partition coefficient (Wildman–Crippen LogP) is 1.38. The third kappa shape index (κ3) is 4.70. The van der Waals surface area contributed by atoms with E-state index in [-0.39, 0.29) is 0 Å². The van der Waals surface area contributed by atoms with Crippen LogP contribution in [-0.4, -0.2) is 5.38 Å². The molecule has 0 amide bonds. The molecule has 0 unspecified atom stereocenters. The van der Waals surface area contributed by atoms with Gasteiger partial charge in [0.15, 0.2) is 0 Å². The molecule has 0 atom stereocenters. The third-order valence-corrected chi connectivity index (χ3v) is 1.97. The molecule has 2 nitrogen and oxygen atoms in total. The van der Waals surface area contributed by atoms with Gasteiger partial charge in [0.05, 0.1) is 0 Å². The summed E-state index contributed by atoms with van der Waals surface area (Å²) in [6, 6.07) is 0. The number of rotatable bonds is 0. The van der Waals surface area contributed by atoms with Gasteiger partial charge in [0.2, 0.25) is 0 Å². The number of hydrogen-bond donors (Lipinski definition) is 2. The van der Waals surface area contributed by atoms with E-state index in [2.05, 4.69) is 11.7 Å². The van der Waals surface area contributed by atoms with Crippen LogP contribution in [0, 0.1) is 0 Å². The van der Waals surface area contributed by atoms with Crippen molar-refractivity contribution in [2.75, 3.05) is 0 Å². The Labute approximate surface area is 61.5 Å². The molecule has 3 heteroatoms. The molecule has 0 aliphatic heterocycles. The van der Waals surface area contributed by atoms with Gasteiger partial charge in [-0.15, -0.1) is 11.6 Å². The van der Waals surface area contributed by atoms with Crippen molar-refractivity contribution in [2.24, 2.45) is 11.7 Å². The number of hydrogen-bond acceptors (Lipinski definition) is 2. The minimum Gasteiger partial charge on any atom is -0.274 e. The standard InChI is InChI=1S/C6H11Cl.H4N2/c7-6-4-2-1-3-5-6;1-2/h6H,1-5H2;1-2H2. The van der Waals surface area contributed by atoms with E-state index >= 15 is 0 Å². The van der Waals surface area contributed by atoms with E-state index in [1.807, 2.05) is 0 Å². The second kappa shape index (κ2) is 6.33. The lowest BCUT2D eigenvalue weighted by molar-refractivity contribution is 0.511. The van der Waals surface area contributed by atoms with Gasteiger partial charge < -0.3 is 0 Å². The average molecular weight is 151 g/mol. The summed E-state index contributed by atoms with van der Waals surface area (Å²) < 4.78 is 0. The van der Waals surface area contributed by atoms with E-state index in [0.717, 1.165) is 0 Å². The fourth-order valence-electron chi connectivity index (χ4n) is 1.05. The molecule has 1 aliphatic rings. The molecule has 56 valence electrons. The van der Waals surface area contributed by atoms with Gasteiger partial charge in [0.1, 0.15) is 0 Å². The monoisotopic (exact) mass is 150 g/mol. The molecule has 0 saturated heterocycles. The summed E-state index contributed by atoms with van der Waals surface area (Å²) in [5.41, 5.74) is 0. The van der Waals surface area contributed by atoms with Crippen LogP contribution in [0.3, 0.4) is 0 Å². The first-order valence-corrected chi connectivity index (χ1v) is 3.80. The van der Waals surface area contributed by atoms with Crippen LogP contribution in [0.15, 0.2) is 0 Å². The van der Waals surface area contributed by atoms with Gasteiger partial charge in [-0.1, -0.05) is 19.3 Å². The van der Waals surface area contributed by atoms with Crippen LogP contribution in [0.1, 0.15) is 32.1 Å². The summed E-state index contributed by atoms with van der Waals surface area (Å²) in [5.74, 6) is 8.00. The summed E-state index contributed by atoms with van der Waals surface area (Å²) in [4.78, 5) is 0. The Bertz CT molecular complexity index is 53.0. The zero-order valence-electron chi connectivity index (χ0n) is 5.65. The van der Waals surface area contributed by atoms with Gasteiger partial charge in [-0.05, 0) is 12.8 Å². The van der Waals surface area contributed by atoms with Gasteiger partial charge >= 0.3 is 0 Å². The van der Waals surface area contributed by atoms with Gasteiger partial charge in [-0.3, -0.25) is 11.7 Å². The second-order valence-corrected chi connectivity index (χ2v) is 2.85. The Morgan fingerprint density at radius 3 is 1.67 bits per heavy atom. The van der Waals surface area contributed by atoms with Crippen LogP contribution in [0.5, 0.6) is 0 Å². The molecule has 0 aromatic rings. The van der Waals surface area contributed by atoms with Crippen molar-refractivity contribution in [2.45, 2.75) is 37.5 Å². The van der Waals surface area contributed by atoms with Gasteiger partial charge in [0.25, 0.3) is 0 Å². The smallest absolute Gasteiger partial charge is 0.0336 e. The van der Waals surface area contributed by atoms with Gasteiger partial charge in [-0.25, -0.2) is 0 Å². The molecule has 1 aliphatic carbocycles. The first kappa shape index (κ1) is 9.21. The Kier molecular flexibility index (Phi) is 6.48. The topological polar surface area (TPSA) is 52.0 Å². The first-order valence-electron chi connectivity index (χ1n) is 3.37. The summed E-state index contributed by atoms with van der Waals surface area (Å²) >= 11 is 5.82. The normalized spacial score (nSPS) is 20.3. The van der Waals surface area contributed by atoms with E-state index in [1.165, 1.54) is 32.1 Å². The Morgan fingerprint density at radius 2 is 1.44 bits per heavy atom. The van der Waals surface area contributed by atoms with E-state index in [1.54, 1.807) is 0 Å².